The van der Waals surface area contributed by atoms with Crippen molar-refractivity contribution in [3.05, 3.63) is 41.5 Å². The van der Waals surface area contributed by atoms with Crippen LogP contribution in [0.25, 0.3) is 0 Å². The first-order valence-electron chi connectivity index (χ1n) is 8.20. The Morgan fingerprint density at radius 3 is 2.60 bits per heavy atom. The summed E-state index contributed by atoms with van der Waals surface area (Å²) in [6, 6.07) is 7.73. The molecule has 25 heavy (non-hydrogen) atoms. The zero-order chi connectivity index (χ0) is 18.1. The lowest BCUT2D eigenvalue weighted by atomic mass is 10.2. The van der Waals surface area contributed by atoms with Crippen molar-refractivity contribution < 1.29 is 9.13 Å². The van der Waals surface area contributed by atoms with Gasteiger partial charge in [-0.15, -0.1) is 10.2 Å². The van der Waals surface area contributed by atoms with E-state index in [-0.39, 0.29) is 6.67 Å². The molecule has 0 saturated carbocycles. The Kier molecular flexibility index (Phi) is 7.18. The summed E-state index contributed by atoms with van der Waals surface area (Å²) in [5.74, 6) is 3.08. The molecule has 2 rings (SSSR count). The number of benzene rings is 1. The van der Waals surface area contributed by atoms with Crippen LogP contribution in [0.3, 0.4) is 0 Å². The number of rotatable bonds is 8. The molecule has 2 N–H and O–H groups in total. The van der Waals surface area contributed by atoms with Crippen LogP contribution >= 0.6 is 0 Å². The summed E-state index contributed by atoms with van der Waals surface area (Å²) in [6.45, 7) is 3.05. The lowest BCUT2D eigenvalue weighted by Gasteiger charge is -2.12. The molecule has 7 nitrogen and oxygen atoms in total. The number of methoxy groups -OCH3 is 1. The number of alkyl halides is 1. The SMILES string of the molecule is COc1ccc(CN=C(NCCCF)NCc2nnc(C)n2C)cc1. The van der Waals surface area contributed by atoms with Gasteiger partial charge in [0.1, 0.15) is 11.6 Å². The van der Waals surface area contributed by atoms with E-state index in [9.17, 15) is 4.39 Å². The number of aromatic nitrogens is 3. The third-order valence-corrected chi connectivity index (χ3v) is 3.78. The first kappa shape index (κ1) is 18.7. The fraction of sp³-hybridized carbons (Fsp3) is 0.471. The number of hydrogen-bond donors (Lipinski definition) is 2. The summed E-state index contributed by atoms with van der Waals surface area (Å²) in [5.41, 5.74) is 1.06. The van der Waals surface area contributed by atoms with Crippen molar-refractivity contribution in [3.8, 4) is 5.75 Å². The van der Waals surface area contributed by atoms with Gasteiger partial charge in [-0.2, -0.15) is 0 Å². The molecular formula is C17H25FN6O. The highest BCUT2D eigenvalue weighted by atomic mass is 19.1. The third kappa shape index (κ3) is 5.74. The topological polar surface area (TPSA) is 76.4 Å². The molecule has 0 aliphatic carbocycles. The fourth-order valence-electron chi connectivity index (χ4n) is 2.12. The Hall–Kier alpha value is -2.64. The average molecular weight is 348 g/mol. The number of hydrogen-bond acceptors (Lipinski definition) is 4. The van der Waals surface area contributed by atoms with E-state index in [1.165, 1.54) is 0 Å². The predicted octanol–water partition coefficient (Wildman–Crippen LogP) is 1.73. The Morgan fingerprint density at radius 1 is 1.24 bits per heavy atom. The monoisotopic (exact) mass is 348 g/mol. The molecule has 1 aromatic heterocycles. The maximum absolute atomic E-state index is 12.3. The molecule has 0 aliphatic rings. The van der Waals surface area contributed by atoms with Crippen LogP contribution in [0, 0.1) is 6.92 Å². The van der Waals surface area contributed by atoms with Gasteiger partial charge in [-0.05, 0) is 31.0 Å². The van der Waals surface area contributed by atoms with Gasteiger partial charge in [0.05, 0.1) is 26.9 Å². The highest BCUT2D eigenvalue weighted by molar-refractivity contribution is 5.79. The molecule has 0 spiro atoms. The predicted molar refractivity (Wildman–Crippen MR) is 95.3 cm³/mol. The average Bonchev–Trinajstić information content (AvgIpc) is 2.96. The van der Waals surface area contributed by atoms with Gasteiger partial charge in [0, 0.05) is 13.6 Å². The van der Waals surface area contributed by atoms with Crippen molar-refractivity contribution in [1.82, 2.24) is 25.4 Å². The third-order valence-electron chi connectivity index (χ3n) is 3.78. The normalized spacial score (nSPS) is 11.4. The number of halogens is 1. The van der Waals surface area contributed by atoms with Gasteiger partial charge in [-0.25, -0.2) is 4.99 Å². The number of aryl methyl sites for hydroxylation is 1. The maximum atomic E-state index is 12.3. The van der Waals surface area contributed by atoms with Gasteiger partial charge in [-0.3, -0.25) is 4.39 Å². The minimum Gasteiger partial charge on any atom is -0.497 e. The largest absolute Gasteiger partial charge is 0.497 e. The van der Waals surface area contributed by atoms with Crippen molar-refractivity contribution in [1.29, 1.82) is 0 Å². The summed E-state index contributed by atoms with van der Waals surface area (Å²) in [4.78, 5) is 4.55. The summed E-state index contributed by atoms with van der Waals surface area (Å²) in [6.07, 6.45) is 0.437. The number of nitrogens with one attached hydrogen (secondary N) is 2. The van der Waals surface area contributed by atoms with Crippen LogP contribution in [-0.2, 0) is 20.1 Å². The summed E-state index contributed by atoms with van der Waals surface area (Å²) >= 11 is 0. The van der Waals surface area contributed by atoms with Crippen molar-refractivity contribution in [2.24, 2.45) is 12.0 Å². The maximum Gasteiger partial charge on any atom is 0.191 e. The van der Waals surface area contributed by atoms with E-state index in [2.05, 4.69) is 25.8 Å². The second-order valence-electron chi connectivity index (χ2n) is 5.56. The molecule has 0 radical (unpaired) electrons. The van der Waals surface area contributed by atoms with Crippen molar-refractivity contribution in [3.63, 3.8) is 0 Å². The number of guanidine groups is 1. The lowest BCUT2D eigenvalue weighted by Crippen LogP contribution is -2.38. The molecule has 0 fully saturated rings. The quantitative estimate of drug-likeness (QED) is 0.432. The highest BCUT2D eigenvalue weighted by Crippen LogP contribution is 2.11. The lowest BCUT2D eigenvalue weighted by molar-refractivity contribution is 0.414. The van der Waals surface area contributed by atoms with Gasteiger partial charge >= 0.3 is 0 Å². The van der Waals surface area contributed by atoms with Gasteiger partial charge in [0.2, 0.25) is 0 Å². The minimum atomic E-state index is -0.360. The molecule has 0 saturated heterocycles. The number of ether oxygens (including phenoxy) is 1. The minimum absolute atomic E-state index is 0.360. The second kappa shape index (κ2) is 9.61. The van der Waals surface area contributed by atoms with Crippen molar-refractivity contribution >= 4 is 5.96 Å². The van der Waals surface area contributed by atoms with E-state index in [0.717, 1.165) is 23.0 Å². The van der Waals surface area contributed by atoms with Gasteiger partial charge in [0.15, 0.2) is 11.8 Å². The molecule has 1 aromatic carbocycles. The molecule has 0 amide bonds. The van der Waals surface area contributed by atoms with Crippen LogP contribution in [0.5, 0.6) is 5.75 Å². The smallest absolute Gasteiger partial charge is 0.191 e. The summed E-state index contributed by atoms with van der Waals surface area (Å²) in [5, 5.41) is 14.5. The van der Waals surface area contributed by atoms with Crippen LogP contribution in [-0.4, -0.2) is 41.1 Å². The van der Waals surface area contributed by atoms with Crippen LogP contribution in [0.4, 0.5) is 4.39 Å². The Bertz CT molecular complexity index is 683. The first-order valence-corrected chi connectivity index (χ1v) is 8.20. The summed E-state index contributed by atoms with van der Waals surface area (Å²) < 4.78 is 19.4. The second-order valence-corrected chi connectivity index (χ2v) is 5.56. The number of nitrogens with zero attached hydrogens (tertiary/aromatic N) is 4. The molecule has 2 aromatic rings. The molecule has 0 bridgehead atoms. The fourth-order valence-corrected chi connectivity index (χ4v) is 2.12. The van der Waals surface area contributed by atoms with Gasteiger partial charge < -0.3 is 19.9 Å². The molecule has 8 heteroatoms. The molecule has 0 atom stereocenters. The molecule has 136 valence electrons. The van der Waals surface area contributed by atoms with E-state index in [1.54, 1.807) is 7.11 Å². The summed E-state index contributed by atoms with van der Waals surface area (Å²) in [7, 11) is 3.55. The van der Waals surface area contributed by atoms with Crippen LogP contribution in [0.15, 0.2) is 29.3 Å². The Morgan fingerprint density at radius 2 is 2.00 bits per heavy atom. The molecular weight excluding hydrogens is 323 g/mol. The van der Waals surface area contributed by atoms with Gasteiger partial charge in [0.25, 0.3) is 0 Å². The van der Waals surface area contributed by atoms with Crippen LogP contribution < -0.4 is 15.4 Å². The van der Waals surface area contributed by atoms with E-state index < -0.39 is 0 Å². The molecule has 0 unspecified atom stereocenters. The van der Waals surface area contributed by atoms with Crippen LogP contribution in [0.1, 0.15) is 23.6 Å². The zero-order valence-corrected chi connectivity index (χ0v) is 14.9. The van der Waals surface area contributed by atoms with E-state index in [4.69, 9.17) is 4.74 Å². The van der Waals surface area contributed by atoms with Crippen molar-refractivity contribution in [2.75, 3.05) is 20.3 Å². The van der Waals surface area contributed by atoms with Crippen molar-refractivity contribution in [2.45, 2.75) is 26.4 Å². The Balaban J connectivity index is 1.98. The van der Waals surface area contributed by atoms with E-state index in [1.807, 2.05) is 42.8 Å². The Labute approximate surface area is 147 Å². The van der Waals surface area contributed by atoms with Crippen LogP contribution in [0.2, 0.25) is 0 Å². The first-order chi connectivity index (χ1) is 12.1. The van der Waals surface area contributed by atoms with Gasteiger partial charge in [-0.1, -0.05) is 12.1 Å². The van der Waals surface area contributed by atoms with E-state index >= 15 is 0 Å². The number of aliphatic imine (C=N–C) groups is 1. The van der Waals surface area contributed by atoms with E-state index in [0.29, 0.717) is 32.0 Å². The highest BCUT2D eigenvalue weighted by Gasteiger charge is 2.06. The molecule has 1 heterocycles. The standard InChI is InChI=1S/C17H25FN6O/c1-13-22-23-16(24(13)2)12-21-17(19-10-4-9-18)20-11-14-5-7-15(25-3)8-6-14/h5-8H,4,9-12H2,1-3H3,(H2,19,20,21). The zero-order valence-electron chi connectivity index (χ0n) is 14.9. The molecule has 0 aliphatic heterocycles.